The van der Waals surface area contributed by atoms with Gasteiger partial charge in [-0.3, -0.25) is 10.1 Å². The Morgan fingerprint density at radius 1 is 1.47 bits per heavy atom. The van der Waals surface area contributed by atoms with Crippen molar-refractivity contribution in [1.82, 2.24) is 0 Å². The van der Waals surface area contributed by atoms with E-state index in [1.165, 1.54) is 12.1 Å². The van der Waals surface area contributed by atoms with Crippen LogP contribution in [0.4, 0.5) is 5.69 Å². The van der Waals surface area contributed by atoms with Gasteiger partial charge in [-0.15, -0.1) is 5.92 Å². The molecule has 0 unspecified atom stereocenters. The lowest BCUT2D eigenvalue weighted by atomic mass is 10.3. The maximum absolute atomic E-state index is 10.5. The molecule has 0 aliphatic rings. The lowest BCUT2D eigenvalue weighted by Gasteiger charge is -2.00. The Hall–Kier alpha value is -2.02. The number of hydrogen-bond donors (Lipinski definition) is 0. The standard InChI is InChI=1S/C11H11NO3/c1-2-3-4-8-15-11-7-5-6-10(9-11)12(13)14/h5-7,9H,2,8H2,1H3. The van der Waals surface area contributed by atoms with E-state index in [1.807, 2.05) is 6.92 Å². The zero-order valence-corrected chi connectivity index (χ0v) is 8.40. The van der Waals surface area contributed by atoms with Crippen LogP contribution >= 0.6 is 0 Å². The largest absolute Gasteiger partial charge is 0.481 e. The van der Waals surface area contributed by atoms with Crippen molar-refractivity contribution in [3.8, 4) is 17.6 Å². The number of nitro groups is 1. The molecule has 1 aromatic rings. The summed E-state index contributed by atoms with van der Waals surface area (Å²) in [6.07, 6.45) is 0.776. The molecule has 0 bridgehead atoms. The van der Waals surface area contributed by atoms with Crippen LogP contribution in [0.3, 0.4) is 0 Å². The SMILES string of the molecule is CCC#CCOc1cccc([N+](=O)[O-])c1. The first-order chi connectivity index (χ1) is 7.24. The van der Waals surface area contributed by atoms with Crippen LogP contribution in [-0.4, -0.2) is 11.5 Å². The lowest BCUT2D eigenvalue weighted by Crippen LogP contribution is -1.95. The zero-order valence-electron chi connectivity index (χ0n) is 8.40. The predicted octanol–water partition coefficient (Wildman–Crippen LogP) is 2.39. The van der Waals surface area contributed by atoms with Gasteiger partial charge in [-0.25, -0.2) is 0 Å². The molecule has 1 rings (SSSR count). The second-order valence-electron chi connectivity index (χ2n) is 2.75. The molecular weight excluding hydrogens is 194 g/mol. The summed E-state index contributed by atoms with van der Waals surface area (Å²) in [5.41, 5.74) is 0.0240. The van der Waals surface area contributed by atoms with Crippen LogP contribution in [0.15, 0.2) is 24.3 Å². The minimum absolute atomic E-state index is 0.0240. The van der Waals surface area contributed by atoms with E-state index in [-0.39, 0.29) is 12.3 Å². The first kappa shape index (κ1) is 11.1. The molecule has 4 nitrogen and oxygen atoms in total. The fraction of sp³-hybridized carbons (Fsp3) is 0.273. The average molecular weight is 205 g/mol. The summed E-state index contributed by atoms with van der Waals surface area (Å²) in [4.78, 5) is 10.00. The molecule has 0 amide bonds. The smallest absolute Gasteiger partial charge is 0.273 e. The number of rotatable bonds is 3. The number of ether oxygens (including phenoxy) is 1. The second-order valence-corrected chi connectivity index (χ2v) is 2.75. The number of nitro benzene ring substituents is 1. The summed E-state index contributed by atoms with van der Waals surface area (Å²) in [5.74, 6) is 6.10. The monoisotopic (exact) mass is 205 g/mol. The molecule has 0 N–H and O–H groups in total. The lowest BCUT2D eigenvalue weighted by molar-refractivity contribution is -0.384. The first-order valence-electron chi connectivity index (χ1n) is 4.57. The Kier molecular flexibility index (Phi) is 4.17. The Labute approximate surface area is 88.0 Å². The molecule has 0 saturated heterocycles. The number of non-ortho nitro benzene ring substituents is 1. The Bertz CT molecular complexity index is 404. The molecule has 0 aromatic heterocycles. The van der Waals surface area contributed by atoms with Crippen LogP contribution in [0.1, 0.15) is 13.3 Å². The molecule has 0 aliphatic carbocycles. The van der Waals surface area contributed by atoms with Gasteiger partial charge in [-0.2, -0.15) is 0 Å². The highest BCUT2D eigenvalue weighted by Gasteiger charge is 2.05. The van der Waals surface area contributed by atoms with Crippen LogP contribution in [0.2, 0.25) is 0 Å². The molecule has 1 aromatic carbocycles. The summed E-state index contributed by atoms with van der Waals surface area (Å²) in [7, 11) is 0. The number of hydrogen-bond acceptors (Lipinski definition) is 3. The summed E-state index contributed by atoms with van der Waals surface area (Å²) in [6.45, 7) is 2.20. The van der Waals surface area contributed by atoms with E-state index < -0.39 is 4.92 Å². The predicted molar refractivity (Wildman–Crippen MR) is 56.7 cm³/mol. The van der Waals surface area contributed by atoms with E-state index in [9.17, 15) is 10.1 Å². The minimum atomic E-state index is -0.454. The highest BCUT2D eigenvalue weighted by molar-refractivity contribution is 5.38. The Balaban J connectivity index is 2.62. The Morgan fingerprint density at radius 2 is 2.27 bits per heavy atom. The maximum atomic E-state index is 10.5. The number of benzene rings is 1. The van der Waals surface area contributed by atoms with Gasteiger partial charge in [-0.05, 0) is 6.07 Å². The van der Waals surface area contributed by atoms with E-state index in [0.717, 1.165) is 6.42 Å². The van der Waals surface area contributed by atoms with Crippen molar-refractivity contribution in [2.75, 3.05) is 6.61 Å². The summed E-state index contributed by atoms with van der Waals surface area (Å²) < 4.78 is 5.22. The van der Waals surface area contributed by atoms with Crippen molar-refractivity contribution >= 4 is 5.69 Å². The summed E-state index contributed by atoms with van der Waals surface area (Å²) >= 11 is 0. The van der Waals surface area contributed by atoms with E-state index in [2.05, 4.69) is 11.8 Å². The van der Waals surface area contributed by atoms with Crippen molar-refractivity contribution < 1.29 is 9.66 Å². The molecule has 78 valence electrons. The average Bonchev–Trinajstić information content (AvgIpc) is 2.25. The highest BCUT2D eigenvalue weighted by atomic mass is 16.6. The van der Waals surface area contributed by atoms with Crippen LogP contribution in [0.5, 0.6) is 5.75 Å². The molecule has 4 heteroatoms. The van der Waals surface area contributed by atoms with Gasteiger partial charge >= 0.3 is 0 Å². The second kappa shape index (κ2) is 5.66. The van der Waals surface area contributed by atoms with Gasteiger partial charge in [0.2, 0.25) is 0 Å². The maximum Gasteiger partial charge on any atom is 0.273 e. The van der Waals surface area contributed by atoms with E-state index >= 15 is 0 Å². The molecule has 0 fully saturated rings. The van der Waals surface area contributed by atoms with Gasteiger partial charge in [0.1, 0.15) is 12.4 Å². The van der Waals surface area contributed by atoms with Gasteiger partial charge in [0.05, 0.1) is 11.0 Å². The zero-order chi connectivity index (χ0) is 11.1. The van der Waals surface area contributed by atoms with Crippen molar-refractivity contribution in [1.29, 1.82) is 0 Å². The molecule has 0 atom stereocenters. The van der Waals surface area contributed by atoms with E-state index in [0.29, 0.717) is 5.75 Å². The molecule has 0 saturated carbocycles. The third kappa shape index (κ3) is 3.69. The van der Waals surface area contributed by atoms with Crippen LogP contribution in [0, 0.1) is 22.0 Å². The number of nitrogens with zero attached hydrogens (tertiary/aromatic N) is 1. The highest BCUT2D eigenvalue weighted by Crippen LogP contribution is 2.18. The van der Waals surface area contributed by atoms with Crippen molar-refractivity contribution in [2.24, 2.45) is 0 Å². The topological polar surface area (TPSA) is 52.4 Å². The summed E-state index contributed by atoms with van der Waals surface area (Å²) in [6, 6.07) is 6.06. The molecule has 0 radical (unpaired) electrons. The van der Waals surface area contributed by atoms with Crippen LogP contribution < -0.4 is 4.74 Å². The van der Waals surface area contributed by atoms with Gasteiger partial charge in [0.15, 0.2) is 0 Å². The summed E-state index contributed by atoms with van der Waals surface area (Å²) in [5, 5.41) is 10.5. The quantitative estimate of drug-likeness (QED) is 0.432. The Morgan fingerprint density at radius 3 is 2.93 bits per heavy atom. The fourth-order valence-electron chi connectivity index (χ4n) is 0.982. The van der Waals surface area contributed by atoms with Crippen molar-refractivity contribution in [3.63, 3.8) is 0 Å². The van der Waals surface area contributed by atoms with Gasteiger partial charge in [0.25, 0.3) is 5.69 Å². The molecular formula is C11H11NO3. The van der Waals surface area contributed by atoms with E-state index in [4.69, 9.17) is 4.74 Å². The van der Waals surface area contributed by atoms with Crippen molar-refractivity contribution in [2.45, 2.75) is 13.3 Å². The third-order valence-corrected chi connectivity index (χ3v) is 1.64. The fourth-order valence-corrected chi connectivity index (χ4v) is 0.982. The van der Waals surface area contributed by atoms with Crippen molar-refractivity contribution in [3.05, 3.63) is 34.4 Å². The van der Waals surface area contributed by atoms with E-state index in [1.54, 1.807) is 12.1 Å². The first-order valence-corrected chi connectivity index (χ1v) is 4.57. The van der Waals surface area contributed by atoms with Gasteiger partial charge < -0.3 is 4.74 Å². The minimum Gasteiger partial charge on any atom is -0.481 e. The van der Waals surface area contributed by atoms with Crippen LogP contribution in [0.25, 0.3) is 0 Å². The molecule has 0 spiro atoms. The van der Waals surface area contributed by atoms with Gasteiger partial charge in [-0.1, -0.05) is 18.9 Å². The van der Waals surface area contributed by atoms with Crippen LogP contribution in [-0.2, 0) is 0 Å². The molecule has 15 heavy (non-hydrogen) atoms. The molecule has 0 heterocycles. The third-order valence-electron chi connectivity index (χ3n) is 1.64. The molecule has 0 aliphatic heterocycles. The normalized spacial score (nSPS) is 8.87. The van der Waals surface area contributed by atoms with Gasteiger partial charge in [0, 0.05) is 12.5 Å².